The van der Waals surface area contributed by atoms with Crippen LogP contribution < -0.4 is 5.73 Å². The lowest BCUT2D eigenvalue weighted by Gasteiger charge is -2.09. The first-order valence-corrected chi connectivity index (χ1v) is 6.52. The molecule has 3 heteroatoms. The maximum Gasteiger partial charge on any atom is 0.114 e. The normalized spacial score (nSPS) is 11.1. The molecule has 3 aromatic rings. The number of nitrogens with zero attached hydrogens (tertiary/aromatic N) is 2. The molecule has 0 aliphatic heterocycles. The van der Waals surface area contributed by atoms with Crippen molar-refractivity contribution in [2.24, 2.45) is 5.73 Å². The lowest BCUT2D eigenvalue weighted by atomic mass is 10.1. The van der Waals surface area contributed by atoms with E-state index in [0.717, 1.165) is 17.8 Å². The molecule has 0 spiro atoms. The van der Waals surface area contributed by atoms with Crippen molar-refractivity contribution in [3.8, 4) is 11.3 Å². The molecular formula is C16H17N3. The van der Waals surface area contributed by atoms with E-state index in [-0.39, 0.29) is 0 Å². The van der Waals surface area contributed by atoms with Crippen molar-refractivity contribution < 1.29 is 0 Å². The third kappa shape index (κ3) is 2.13. The number of hydrogen-bond donors (Lipinski definition) is 1. The van der Waals surface area contributed by atoms with Crippen molar-refractivity contribution in [3.63, 3.8) is 0 Å². The van der Waals surface area contributed by atoms with E-state index in [1.807, 2.05) is 6.20 Å². The van der Waals surface area contributed by atoms with E-state index >= 15 is 0 Å². The van der Waals surface area contributed by atoms with Gasteiger partial charge in [-0.25, -0.2) is 4.98 Å². The summed E-state index contributed by atoms with van der Waals surface area (Å²) in [6, 6.07) is 14.8. The third-order valence-corrected chi connectivity index (χ3v) is 3.31. The number of fused-ring (bicyclic) bond motifs is 1. The van der Waals surface area contributed by atoms with E-state index in [1.54, 1.807) is 0 Å². The number of pyridine rings is 1. The van der Waals surface area contributed by atoms with E-state index in [4.69, 9.17) is 5.73 Å². The van der Waals surface area contributed by atoms with Crippen molar-refractivity contribution in [1.29, 1.82) is 0 Å². The van der Waals surface area contributed by atoms with Gasteiger partial charge in [-0.3, -0.25) is 4.40 Å². The van der Waals surface area contributed by atoms with Gasteiger partial charge >= 0.3 is 0 Å². The number of rotatable bonds is 3. The second-order valence-corrected chi connectivity index (χ2v) is 4.75. The molecule has 96 valence electrons. The first-order chi connectivity index (χ1) is 9.29. The van der Waals surface area contributed by atoms with Crippen LogP contribution in [0.25, 0.3) is 16.8 Å². The molecule has 0 saturated carbocycles. The van der Waals surface area contributed by atoms with Crippen molar-refractivity contribution in [1.82, 2.24) is 9.38 Å². The molecule has 0 atom stereocenters. The van der Waals surface area contributed by atoms with Crippen LogP contribution in [0.15, 0.2) is 48.7 Å². The summed E-state index contributed by atoms with van der Waals surface area (Å²) < 4.78 is 2.20. The molecule has 0 saturated heterocycles. The molecule has 0 unspecified atom stereocenters. The van der Waals surface area contributed by atoms with Gasteiger partial charge in [0.2, 0.25) is 0 Å². The molecular weight excluding hydrogens is 234 g/mol. The molecule has 3 nitrogen and oxygen atoms in total. The molecule has 0 amide bonds. The Labute approximate surface area is 112 Å². The Kier molecular flexibility index (Phi) is 3.05. The summed E-state index contributed by atoms with van der Waals surface area (Å²) in [5, 5.41) is 0. The smallest absolute Gasteiger partial charge is 0.114 e. The SMILES string of the molecule is Cc1cccc(-c2cccc3cnc(CCN)n23)c1. The standard InChI is InChI=1S/C16H17N3/c1-12-4-2-5-13(10-12)15-7-3-6-14-11-18-16(8-9-17)19(14)15/h2-7,10-11H,8-9,17H2,1H3. The summed E-state index contributed by atoms with van der Waals surface area (Å²) >= 11 is 0. The molecule has 3 rings (SSSR count). The van der Waals surface area contributed by atoms with Crippen molar-refractivity contribution in [3.05, 3.63) is 60.0 Å². The Hall–Kier alpha value is -2.13. The van der Waals surface area contributed by atoms with Crippen LogP contribution in [0.4, 0.5) is 0 Å². The molecule has 0 radical (unpaired) electrons. The van der Waals surface area contributed by atoms with Gasteiger partial charge in [-0.05, 0) is 37.2 Å². The first kappa shape index (κ1) is 11.9. The van der Waals surface area contributed by atoms with Gasteiger partial charge in [-0.1, -0.05) is 29.8 Å². The number of nitrogens with two attached hydrogens (primary N) is 1. The van der Waals surface area contributed by atoms with E-state index in [1.165, 1.54) is 16.8 Å². The van der Waals surface area contributed by atoms with Gasteiger partial charge in [0, 0.05) is 6.42 Å². The second-order valence-electron chi connectivity index (χ2n) is 4.75. The average Bonchev–Trinajstić information content (AvgIpc) is 2.83. The molecule has 0 fully saturated rings. The van der Waals surface area contributed by atoms with Gasteiger partial charge in [-0.2, -0.15) is 0 Å². The number of aromatic nitrogens is 2. The van der Waals surface area contributed by atoms with Crippen molar-refractivity contribution in [2.45, 2.75) is 13.3 Å². The Balaban J connectivity index is 2.25. The maximum absolute atomic E-state index is 5.67. The van der Waals surface area contributed by atoms with E-state index in [2.05, 4.69) is 58.8 Å². The molecule has 19 heavy (non-hydrogen) atoms. The van der Waals surface area contributed by atoms with Crippen LogP contribution in [0.3, 0.4) is 0 Å². The highest BCUT2D eigenvalue weighted by atomic mass is 15.0. The molecule has 1 aromatic carbocycles. The van der Waals surface area contributed by atoms with E-state index in [0.29, 0.717) is 6.54 Å². The Morgan fingerprint density at radius 2 is 2.00 bits per heavy atom. The van der Waals surface area contributed by atoms with Gasteiger partial charge in [0.05, 0.1) is 17.4 Å². The van der Waals surface area contributed by atoms with E-state index in [9.17, 15) is 0 Å². The lowest BCUT2D eigenvalue weighted by molar-refractivity contribution is 0.866. The lowest BCUT2D eigenvalue weighted by Crippen LogP contribution is -2.07. The monoisotopic (exact) mass is 251 g/mol. The van der Waals surface area contributed by atoms with Gasteiger partial charge in [-0.15, -0.1) is 0 Å². The maximum atomic E-state index is 5.67. The van der Waals surface area contributed by atoms with Gasteiger partial charge in [0.25, 0.3) is 0 Å². The largest absolute Gasteiger partial charge is 0.330 e. The van der Waals surface area contributed by atoms with Crippen LogP contribution in [0.5, 0.6) is 0 Å². The molecule has 0 aliphatic carbocycles. The Bertz CT molecular complexity index is 713. The molecule has 0 aliphatic rings. The quantitative estimate of drug-likeness (QED) is 0.778. The molecule has 2 N–H and O–H groups in total. The van der Waals surface area contributed by atoms with Crippen LogP contribution in [-0.4, -0.2) is 15.9 Å². The number of imidazole rings is 1. The predicted octanol–water partition coefficient (Wildman–Crippen LogP) is 2.81. The molecule has 0 bridgehead atoms. The summed E-state index contributed by atoms with van der Waals surface area (Å²) in [5.41, 5.74) is 10.4. The minimum atomic E-state index is 0.612. The first-order valence-electron chi connectivity index (χ1n) is 6.52. The van der Waals surface area contributed by atoms with Gasteiger partial charge < -0.3 is 5.73 Å². The number of hydrogen-bond acceptors (Lipinski definition) is 2. The fourth-order valence-corrected chi connectivity index (χ4v) is 2.45. The van der Waals surface area contributed by atoms with Crippen LogP contribution in [-0.2, 0) is 6.42 Å². The fourth-order valence-electron chi connectivity index (χ4n) is 2.45. The minimum absolute atomic E-state index is 0.612. The third-order valence-electron chi connectivity index (χ3n) is 3.31. The highest BCUT2D eigenvalue weighted by molar-refractivity contribution is 5.66. The highest BCUT2D eigenvalue weighted by Gasteiger charge is 2.08. The highest BCUT2D eigenvalue weighted by Crippen LogP contribution is 2.23. The molecule has 2 heterocycles. The van der Waals surface area contributed by atoms with E-state index < -0.39 is 0 Å². The Morgan fingerprint density at radius 1 is 1.16 bits per heavy atom. The van der Waals surface area contributed by atoms with Crippen molar-refractivity contribution >= 4 is 5.52 Å². The fraction of sp³-hybridized carbons (Fsp3) is 0.188. The zero-order valence-electron chi connectivity index (χ0n) is 11.0. The average molecular weight is 251 g/mol. The summed E-state index contributed by atoms with van der Waals surface area (Å²) in [6.07, 6.45) is 2.70. The number of benzene rings is 1. The summed E-state index contributed by atoms with van der Waals surface area (Å²) in [6.45, 7) is 2.72. The second kappa shape index (κ2) is 4.86. The van der Waals surface area contributed by atoms with Crippen LogP contribution in [0, 0.1) is 6.92 Å². The zero-order valence-corrected chi connectivity index (χ0v) is 11.0. The summed E-state index contributed by atoms with van der Waals surface area (Å²) in [7, 11) is 0. The van der Waals surface area contributed by atoms with Crippen LogP contribution in [0.1, 0.15) is 11.4 Å². The molecule has 2 aromatic heterocycles. The van der Waals surface area contributed by atoms with Crippen molar-refractivity contribution in [2.75, 3.05) is 6.54 Å². The predicted molar refractivity (Wildman–Crippen MR) is 78.1 cm³/mol. The summed E-state index contributed by atoms with van der Waals surface area (Å²) in [5.74, 6) is 1.02. The van der Waals surface area contributed by atoms with Crippen LogP contribution >= 0.6 is 0 Å². The Morgan fingerprint density at radius 3 is 2.79 bits per heavy atom. The number of aryl methyl sites for hydroxylation is 1. The summed E-state index contributed by atoms with van der Waals surface area (Å²) in [4.78, 5) is 4.48. The van der Waals surface area contributed by atoms with Gasteiger partial charge in [0.1, 0.15) is 5.82 Å². The zero-order chi connectivity index (χ0) is 13.2. The minimum Gasteiger partial charge on any atom is -0.330 e. The van der Waals surface area contributed by atoms with Gasteiger partial charge in [0.15, 0.2) is 0 Å². The van der Waals surface area contributed by atoms with Crippen LogP contribution in [0.2, 0.25) is 0 Å². The topological polar surface area (TPSA) is 43.3 Å².